The van der Waals surface area contributed by atoms with E-state index in [0.29, 0.717) is 5.46 Å². The van der Waals surface area contributed by atoms with Gasteiger partial charge in [-0.25, -0.2) is 0 Å². The molecule has 1 rings (SSSR count). The Hall–Kier alpha value is 0.841. The third-order valence-electron chi connectivity index (χ3n) is 1.10. The topological polar surface area (TPSA) is 40.5 Å². The molecule has 0 bridgehead atoms. The third-order valence-corrected chi connectivity index (χ3v) is 1.10. The van der Waals surface area contributed by atoms with Gasteiger partial charge in [-0.15, -0.1) is 0 Å². The molecule has 1 aromatic carbocycles. The fourth-order valence-corrected chi connectivity index (χ4v) is 0.625. The van der Waals surface area contributed by atoms with Crippen LogP contribution in [0, 0.1) is 7.43 Å². The molecule has 0 aliphatic carbocycles. The SMILES string of the molecule is OB(O)c1ccccc1.[CH3-].[K+]. The summed E-state index contributed by atoms with van der Waals surface area (Å²) in [6.07, 6.45) is 0. The van der Waals surface area contributed by atoms with Crippen LogP contribution in [-0.4, -0.2) is 17.2 Å². The first-order valence-corrected chi connectivity index (χ1v) is 2.72. The summed E-state index contributed by atoms with van der Waals surface area (Å²) in [5.74, 6) is 0. The van der Waals surface area contributed by atoms with Gasteiger partial charge in [0.15, 0.2) is 0 Å². The first-order chi connectivity index (χ1) is 4.30. The summed E-state index contributed by atoms with van der Waals surface area (Å²) < 4.78 is 0. The molecule has 0 radical (unpaired) electrons. The van der Waals surface area contributed by atoms with Gasteiger partial charge in [0.1, 0.15) is 0 Å². The summed E-state index contributed by atoms with van der Waals surface area (Å²) in [7, 11) is -1.34. The van der Waals surface area contributed by atoms with Gasteiger partial charge in [0.05, 0.1) is 0 Å². The van der Waals surface area contributed by atoms with Gasteiger partial charge < -0.3 is 17.5 Å². The van der Waals surface area contributed by atoms with E-state index in [9.17, 15) is 0 Å². The van der Waals surface area contributed by atoms with Crippen molar-refractivity contribution in [2.45, 2.75) is 0 Å². The van der Waals surface area contributed by atoms with E-state index in [1.54, 1.807) is 24.3 Å². The summed E-state index contributed by atoms with van der Waals surface area (Å²) >= 11 is 0. The van der Waals surface area contributed by atoms with E-state index >= 15 is 0 Å². The molecule has 0 spiro atoms. The minimum Gasteiger partial charge on any atom is -0.423 e. The smallest absolute Gasteiger partial charge is 0.423 e. The van der Waals surface area contributed by atoms with Crippen molar-refractivity contribution in [3.63, 3.8) is 0 Å². The van der Waals surface area contributed by atoms with Gasteiger partial charge in [-0.3, -0.25) is 0 Å². The van der Waals surface area contributed by atoms with Crippen molar-refractivity contribution in [3.8, 4) is 0 Å². The van der Waals surface area contributed by atoms with Gasteiger partial charge in [-0.2, -0.15) is 0 Å². The number of hydrogen-bond acceptors (Lipinski definition) is 2. The van der Waals surface area contributed by atoms with Gasteiger partial charge in [0, 0.05) is 0 Å². The average Bonchev–Trinajstić information content (AvgIpc) is 1.90. The molecule has 0 aliphatic rings. The van der Waals surface area contributed by atoms with E-state index in [4.69, 9.17) is 10.0 Å². The predicted octanol–water partition coefficient (Wildman–Crippen LogP) is -3.18. The molecule has 0 saturated heterocycles. The zero-order chi connectivity index (χ0) is 6.69. The first-order valence-electron chi connectivity index (χ1n) is 2.72. The average molecular weight is 176 g/mol. The van der Waals surface area contributed by atoms with Crippen molar-refractivity contribution in [1.82, 2.24) is 0 Å². The van der Waals surface area contributed by atoms with Gasteiger partial charge >= 0.3 is 58.5 Å². The van der Waals surface area contributed by atoms with Crippen molar-refractivity contribution >= 4 is 12.6 Å². The molecule has 11 heavy (non-hydrogen) atoms. The number of rotatable bonds is 1. The summed E-state index contributed by atoms with van der Waals surface area (Å²) in [6.45, 7) is 0. The second kappa shape index (κ2) is 7.49. The Bertz CT molecular complexity index is 179. The molecule has 2 N–H and O–H groups in total. The Balaban J connectivity index is 0. The van der Waals surface area contributed by atoms with Crippen LogP contribution in [0.25, 0.3) is 0 Å². The molecule has 4 heteroatoms. The molecule has 2 nitrogen and oxygen atoms in total. The maximum absolute atomic E-state index is 8.58. The molecule has 0 aliphatic heterocycles. The fraction of sp³-hybridized carbons (Fsp3) is 0. The molecule has 0 atom stereocenters. The van der Waals surface area contributed by atoms with Crippen molar-refractivity contribution in [1.29, 1.82) is 0 Å². The van der Waals surface area contributed by atoms with Crippen LogP contribution in [0.3, 0.4) is 0 Å². The summed E-state index contributed by atoms with van der Waals surface area (Å²) in [5.41, 5.74) is 0.525. The molecular weight excluding hydrogens is 166 g/mol. The van der Waals surface area contributed by atoms with E-state index in [2.05, 4.69) is 0 Å². The normalized spacial score (nSPS) is 7.45. The molecule has 1 aromatic rings. The van der Waals surface area contributed by atoms with E-state index in [0.717, 1.165) is 0 Å². The maximum atomic E-state index is 8.58. The molecule has 0 aromatic heterocycles. The van der Waals surface area contributed by atoms with Crippen LogP contribution >= 0.6 is 0 Å². The van der Waals surface area contributed by atoms with Crippen molar-refractivity contribution in [2.75, 3.05) is 0 Å². The monoisotopic (exact) mass is 176 g/mol. The van der Waals surface area contributed by atoms with Gasteiger partial charge in [0.25, 0.3) is 0 Å². The second-order valence-corrected chi connectivity index (χ2v) is 1.78. The molecule has 0 saturated carbocycles. The minimum atomic E-state index is -1.34. The van der Waals surface area contributed by atoms with Crippen molar-refractivity contribution in [2.24, 2.45) is 0 Å². The Morgan fingerprint density at radius 1 is 1.00 bits per heavy atom. The second-order valence-electron chi connectivity index (χ2n) is 1.78. The van der Waals surface area contributed by atoms with Crippen LogP contribution in [-0.2, 0) is 0 Å². The van der Waals surface area contributed by atoms with Crippen LogP contribution in [0.4, 0.5) is 0 Å². The summed E-state index contributed by atoms with van der Waals surface area (Å²) in [4.78, 5) is 0. The molecule has 0 amide bonds. The molecule has 0 fully saturated rings. The summed E-state index contributed by atoms with van der Waals surface area (Å²) in [6, 6.07) is 8.66. The van der Waals surface area contributed by atoms with Crippen molar-refractivity contribution < 1.29 is 61.4 Å². The Morgan fingerprint density at radius 3 is 1.73 bits per heavy atom. The fourth-order valence-electron chi connectivity index (χ4n) is 0.625. The zero-order valence-electron chi connectivity index (χ0n) is 6.86. The van der Waals surface area contributed by atoms with E-state index in [-0.39, 0.29) is 58.8 Å². The zero-order valence-corrected chi connectivity index (χ0v) is 9.98. The Kier molecular flexibility index (Phi) is 9.78. The maximum Gasteiger partial charge on any atom is 1.00 e. The Morgan fingerprint density at radius 2 is 1.45 bits per heavy atom. The van der Waals surface area contributed by atoms with Crippen LogP contribution in [0.2, 0.25) is 0 Å². The van der Waals surface area contributed by atoms with Crippen LogP contribution < -0.4 is 56.8 Å². The first kappa shape index (κ1) is 14.4. The molecular formula is C7H10BKO2. The largest absolute Gasteiger partial charge is 1.00 e. The molecule has 0 heterocycles. The van der Waals surface area contributed by atoms with Crippen molar-refractivity contribution in [3.05, 3.63) is 37.8 Å². The summed E-state index contributed by atoms with van der Waals surface area (Å²) in [5, 5.41) is 17.2. The third kappa shape index (κ3) is 5.14. The van der Waals surface area contributed by atoms with Crippen LogP contribution in [0.5, 0.6) is 0 Å². The van der Waals surface area contributed by atoms with Gasteiger partial charge in [-0.1, -0.05) is 30.3 Å². The number of benzene rings is 1. The standard InChI is InChI=1S/C6H7BO2.CH3.K/c8-7(9)6-4-2-1-3-5-6;;/h1-5,8-9H;1H3;/q;-1;+1. The Labute approximate surface area is 110 Å². The van der Waals surface area contributed by atoms with E-state index in [1.807, 2.05) is 6.07 Å². The quantitative estimate of drug-likeness (QED) is 0.350. The van der Waals surface area contributed by atoms with Gasteiger partial charge in [0.2, 0.25) is 0 Å². The van der Waals surface area contributed by atoms with E-state index < -0.39 is 7.12 Å². The molecule has 0 unspecified atom stereocenters. The minimum absolute atomic E-state index is 0. The predicted molar refractivity (Wildman–Crippen MR) is 42.7 cm³/mol. The van der Waals surface area contributed by atoms with E-state index in [1.165, 1.54) is 0 Å². The van der Waals surface area contributed by atoms with Crippen LogP contribution in [0.1, 0.15) is 0 Å². The molecule has 54 valence electrons. The van der Waals surface area contributed by atoms with Gasteiger partial charge in [-0.05, 0) is 5.46 Å². The number of hydrogen-bond donors (Lipinski definition) is 2. The van der Waals surface area contributed by atoms with Crippen LogP contribution in [0.15, 0.2) is 30.3 Å².